The van der Waals surface area contributed by atoms with Crippen LogP contribution < -0.4 is 4.72 Å². The molecule has 1 N–H and O–H groups in total. The van der Waals surface area contributed by atoms with Gasteiger partial charge >= 0.3 is 0 Å². The minimum Gasteiger partial charge on any atom is -0.242 e. The van der Waals surface area contributed by atoms with Crippen LogP contribution in [-0.2, 0) is 21.0 Å². The van der Waals surface area contributed by atoms with E-state index in [-0.39, 0.29) is 16.9 Å². The Balaban J connectivity index is 2.34. The number of benzene rings is 1. The third-order valence-electron chi connectivity index (χ3n) is 3.96. The van der Waals surface area contributed by atoms with E-state index in [1.54, 1.807) is 24.3 Å². The predicted molar refractivity (Wildman–Crippen MR) is 105 cm³/mol. The summed E-state index contributed by atoms with van der Waals surface area (Å²) in [7, 11) is -5.02. The van der Waals surface area contributed by atoms with Crippen molar-refractivity contribution in [1.82, 2.24) is 13.9 Å². The van der Waals surface area contributed by atoms with Crippen LogP contribution in [0.25, 0.3) is 0 Å². The molecule has 8 heteroatoms. The maximum atomic E-state index is 12.8. The maximum Gasteiger partial charge on any atom is 0.282 e. The highest BCUT2D eigenvalue weighted by atomic mass is 32.2. The van der Waals surface area contributed by atoms with Gasteiger partial charge in [-0.15, -0.1) is 0 Å². The standard InChI is InChI=1S/C18H27N3O3S2/c1-13(2)17(20-25(22)18(4,5)6)15-11-19-21(12-15)26(23,24)16-9-7-14(3)8-10-16/h7-13,17,20H,1-6H3/t17-,25+/m0/s1. The van der Waals surface area contributed by atoms with Crippen LogP contribution in [0.5, 0.6) is 0 Å². The summed E-state index contributed by atoms with van der Waals surface area (Å²) < 4.78 is 41.6. The molecule has 0 bridgehead atoms. The molecule has 2 atom stereocenters. The molecular formula is C18H27N3O3S2. The van der Waals surface area contributed by atoms with Gasteiger partial charge in [-0.1, -0.05) is 31.5 Å². The Kier molecular flexibility index (Phi) is 6.09. The Morgan fingerprint density at radius 3 is 2.23 bits per heavy atom. The Morgan fingerprint density at radius 1 is 1.15 bits per heavy atom. The second kappa shape index (κ2) is 7.62. The lowest BCUT2D eigenvalue weighted by Gasteiger charge is -2.26. The molecule has 0 saturated heterocycles. The van der Waals surface area contributed by atoms with Crippen LogP contribution in [0.1, 0.15) is 51.8 Å². The lowest BCUT2D eigenvalue weighted by atomic mass is 10.0. The van der Waals surface area contributed by atoms with E-state index in [0.29, 0.717) is 5.56 Å². The van der Waals surface area contributed by atoms with Gasteiger partial charge in [-0.25, -0.2) is 8.93 Å². The predicted octanol–water partition coefficient (Wildman–Crippen LogP) is 3.18. The van der Waals surface area contributed by atoms with Crippen LogP contribution in [0, 0.1) is 12.8 Å². The molecule has 0 fully saturated rings. The van der Waals surface area contributed by atoms with Crippen molar-refractivity contribution in [2.75, 3.05) is 0 Å². The van der Waals surface area contributed by atoms with Gasteiger partial charge in [0.2, 0.25) is 0 Å². The minimum absolute atomic E-state index is 0.112. The van der Waals surface area contributed by atoms with E-state index >= 15 is 0 Å². The van der Waals surface area contributed by atoms with E-state index in [2.05, 4.69) is 9.82 Å². The molecule has 1 aromatic carbocycles. The Hall–Kier alpha value is -1.51. The Labute approximate surface area is 158 Å². The highest BCUT2D eigenvalue weighted by Crippen LogP contribution is 2.25. The van der Waals surface area contributed by atoms with Crippen molar-refractivity contribution < 1.29 is 12.6 Å². The molecule has 2 rings (SSSR count). The zero-order valence-electron chi connectivity index (χ0n) is 16.1. The molecule has 144 valence electrons. The summed E-state index contributed by atoms with van der Waals surface area (Å²) in [6.45, 7) is 11.5. The first-order valence-corrected chi connectivity index (χ1v) is 11.1. The Morgan fingerprint density at radius 2 is 1.73 bits per heavy atom. The number of rotatable bonds is 6. The first-order chi connectivity index (χ1) is 11.9. The van der Waals surface area contributed by atoms with E-state index in [1.807, 2.05) is 41.5 Å². The molecule has 0 radical (unpaired) electrons. The highest BCUT2D eigenvalue weighted by Gasteiger charge is 2.27. The monoisotopic (exact) mass is 397 g/mol. The molecular weight excluding hydrogens is 370 g/mol. The van der Waals surface area contributed by atoms with Crippen molar-refractivity contribution >= 4 is 21.0 Å². The van der Waals surface area contributed by atoms with Crippen LogP contribution in [0.2, 0.25) is 0 Å². The number of nitrogens with zero attached hydrogens (tertiary/aromatic N) is 2. The summed E-state index contributed by atoms with van der Waals surface area (Å²) in [4.78, 5) is 0.185. The number of hydrogen-bond acceptors (Lipinski definition) is 4. The van der Waals surface area contributed by atoms with E-state index in [1.165, 1.54) is 12.4 Å². The van der Waals surface area contributed by atoms with Crippen molar-refractivity contribution in [3.05, 3.63) is 47.8 Å². The van der Waals surface area contributed by atoms with Crippen LogP contribution in [0.4, 0.5) is 0 Å². The van der Waals surface area contributed by atoms with E-state index in [0.717, 1.165) is 9.65 Å². The second-order valence-electron chi connectivity index (χ2n) is 7.68. The summed E-state index contributed by atoms with van der Waals surface area (Å²) in [6, 6.07) is 6.37. The number of nitrogens with one attached hydrogen (secondary N) is 1. The van der Waals surface area contributed by atoms with E-state index < -0.39 is 25.8 Å². The highest BCUT2D eigenvalue weighted by molar-refractivity contribution is 7.89. The SMILES string of the molecule is Cc1ccc(S(=O)(=O)n2cc([C@@H](N[S@](=O)C(C)(C)C)C(C)C)cn2)cc1. The molecule has 1 aromatic heterocycles. The second-order valence-corrected chi connectivity index (χ2v) is 11.5. The molecule has 0 aliphatic carbocycles. The lowest BCUT2D eigenvalue weighted by Crippen LogP contribution is -2.37. The van der Waals surface area contributed by atoms with Gasteiger partial charge in [0.05, 0.1) is 26.8 Å². The average molecular weight is 398 g/mol. The van der Waals surface area contributed by atoms with Crippen molar-refractivity contribution in [1.29, 1.82) is 0 Å². The molecule has 2 aromatic rings. The van der Waals surface area contributed by atoms with Crippen molar-refractivity contribution in [3.63, 3.8) is 0 Å². The van der Waals surface area contributed by atoms with Gasteiger partial charge in [0.25, 0.3) is 10.0 Å². The summed E-state index contributed by atoms with van der Waals surface area (Å²) in [5.74, 6) is 0.112. The van der Waals surface area contributed by atoms with Crippen LogP contribution >= 0.6 is 0 Å². The third-order valence-corrected chi connectivity index (χ3v) is 7.10. The summed E-state index contributed by atoms with van der Waals surface area (Å²) in [5, 5.41) is 4.05. The summed E-state index contributed by atoms with van der Waals surface area (Å²) in [5.41, 5.74) is 1.67. The molecule has 0 amide bonds. The number of hydrogen-bond donors (Lipinski definition) is 1. The quantitative estimate of drug-likeness (QED) is 0.812. The normalized spacial score (nSPS) is 15.2. The zero-order chi connectivity index (χ0) is 19.7. The molecule has 0 spiro atoms. The van der Waals surface area contributed by atoms with Gasteiger partial charge in [-0.05, 0) is 45.7 Å². The van der Waals surface area contributed by atoms with Crippen LogP contribution in [0.3, 0.4) is 0 Å². The van der Waals surface area contributed by atoms with Crippen molar-refractivity contribution in [2.45, 2.75) is 57.2 Å². The Bertz CT molecular complexity index is 879. The number of aromatic nitrogens is 2. The molecule has 0 saturated carbocycles. The van der Waals surface area contributed by atoms with Gasteiger partial charge in [0, 0.05) is 17.8 Å². The first-order valence-electron chi connectivity index (χ1n) is 8.48. The molecule has 0 aliphatic rings. The van der Waals surface area contributed by atoms with Gasteiger partial charge < -0.3 is 0 Å². The van der Waals surface area contributed by atoms with Gasteiger partial charge in [-0.3, -0.25) is 0 Å². The van der Waals surface area contributed by atoms with E-state index in [9.17, 15) is 12.6 Å². The van der Waals surface area contributed by atoms with Crippen molar-refractivity contribution in [3.8, 4) is 0 Å². The fraction of sp³-hybridized carbons (Fsp3) is 0.500. The molecule has 0 aliphatic heterocycles. The van der Waals surface area contributed by atoms with Crippen LogP contribution in [-0.4, -0.2) is 26.6 Å². The smallest absolute Gasteiger partial charge is 0.242 e. The van der Waals surface area contributed by atoms with Gasteiger partial charge in [0.1, 0.15) is 0 Å². The van der Waals surface area contributed by atoms with Crippen molar-refractivity contribution in [2.24, 2.45) is 5.92 Å². The fourth-order valence-corrected chi connectivity index (χ4v) is 4.43. The maximum absolute atomic E-state index is 12.8. The molecule has 1 heterocycles. The summed E-state index contributed by atoms with van der Waals surface area (Å²) >= 11 is 0. The molecule has 6 nitrogen and oxygen atoms in total. The molecule has 0 unspecified atom stereocenters. The summed E-state index contributed by atoms with van der Waals surface area (Å²) in [6.07, 6.45) is 3.01. The minimum atomic E-state index is -3.75. The number of aryl methyl sites for hydroxylation is 1. The van der Waals surface area contributed by atoms with E-state index in [4.69, 9.17) is 0 Å². The average Bonchev–Trinajstić information content (AvgIpc) is 3.01. The first kappa shape index (κ1) is 20.8. The zero-order valence-corrected chi connectivity index (χ0v) is 17.7. The van der Waals surface area contributed by atoms with Gasteiger partial charge in [-0.2, -0.15) is 17.6 Å². The lowest BCUT2D eigenvalue weighted by molar-refractivity contribution is 0.473. The van der Waals surface area contributed by atoms with Crippen LogP contribution in [0.15, 0.2) is 41.6 Å². The largest absolute Gasteiger partial charge is 0.282 e. The third kappa shape index (κ3) is 4.61. The fourth-order valence-electron chi connectivity index (χ4n) is 2.31. The molecule has 26 heavy (non-hydrogen) atoms. The topological polar surface area (TPSA) is 81.1 Å². The van der Waals surface area contributed by atoms with Gasteiger partial charge in [0.15, 0.2) is 0 Å².